The minimum absolute atomic E-state index is 0.109. The molecule has 4 heteroatoms. The van der Waals surface area contributed by atoms with E-state index in [2.05, 4.69) is 0 Å². The zero-order chi connectivity index (χ0) is 9.14. The van der Waals surface area contributed by atoms with Crippen LogP contribution in [-0.2, 0) is 14.3 Å². The predicted octanol–water partition coefficient (Wildman–Crippen LogP) is 0.915. The van der Waals surface area contributed by atoms with Gasteiger partial charge in [0.2, 0.25) is 5.78 Å². The average Bonchev–Trinajstić information content (AvgIpc) is 2.08. The Morgan fingerprint density at radius 1 is 1.25 bits per heavy atom. The lowest BCUT2D eigenvalue weighted by molar-refractivity contribution is -0.117. The lowest BCUT2D eigenvalue weighted by atomic mass is 10.1. The largest absolute Gasteiger partial charge is 0.493 e. The van der Waals surface area contributed by atoms with Crippen molar-refractivity contribution >= 4 is 23.3 Å². The summed E-state index contributed by atoms with van der Waals surface area (Å²) in [5.41, 5.74) is 0. The van der Waals surface area contributed by atoms with Crippen molar-refractivity contribution in [2.45, 2.75) is 0 Å². The maximum atomic E-state index is 11.1. The first kappa shape index (κ1) is 9.06. The minimum Gasteiger partial charge on any atom is -0.493 e. The first-order chi connectivity index (χ1) is 5.69. The van der Waals surface area contributed by atoms with Crippen molar-refractivity contribution in [1.29, 1.82) is 0 Å². The molecule has 0 radical (unpaired) electrons. The van der Waals surface area contributed by atoms with Gasteiger partial charge in [-0.1, -0.05) is 0 Å². The number of thioether (sulfide) groups is 1. The van der Waals surface area contributed by atoms with E-state index in [0.717, 1.165) is 0 Å². The number of ether oxygens (including phenoxy) is 1. The van der Waals surface area contributed by atoms with Crippen molar-refractivity contribution in [3.8, 4) is 0 Å². The molecule has 0 bridgehead atoms. The van der Waals surface area contributed by atoms with E-state index in [0.29, 0.717) is 4.91 Å². The van der Waals surface area contributed by atoms with Gasteiger partial charge < -0.3 is 4.74 Å². The molecular formula is C8H8O3S. The molecule has 0 aromatic carbocycles. The van der Waals surface area contributed by atoms with Gasteiger partial charge in [-0.05, 0) is 6.26 Å². The summed E-state index contributed by atoms with van der Waals surface area (Å²) in [6, 6.07) is 0. The summed E-state index contributed by atoms with van der Waals surface area (Å²) in [6.07, 6.45) is 4.27. The van der Waals surface area contributed by atoms with Crippen LogP contribution in [0.15, 0.2) is 22.8 Å². The number of carbonyl (C=O) groups is 2. The smallest absolute Gasteiger partial charge is 0.221 e. The van der Waals surface area contributed by atoms with Crippen molar-refractivity contribution in [3.05, 3.63) is 22.8 Å². The Morgan fingerprint density at radius 2 is 1.92 bits per heavy atom. The summed E-state index contributed by atoms with van der Waals surface area (Å²) >= 11 is 1.26. The van der Waals surface area contributed by atoms with Gasteiger partial charge in [-0.15, -0.1) is 11.8 Å². The molecule has 0 saturated carbocycles. The van der Waals surface area contributed by atoms with Crippen LogP contribution in [0.2, 0.25) is 0 Å². The zero-order valence-corrected chi connectivity index (χ0v) is 7.60. The Kier molecular flexibility index (Phi) is 2.70. The quantitative estimate of drug-likeness (QED) is 0.598. The molecule has 1 aliphatic carbocycles. The van der Waals surface area contributed by atoms with Crippen molar-refractivity contribution in [2.24, 2.45) is 0 Å². The molecule has 0 saturated heterocycles. The van der Waals surface area contributed by atoms with E-state index in [-0.39, 0.29) is 17.3 Å². The molecule has 0 heterocycles. The fourth-order valence-electron chi connectivity index (χ4n) is 0.842. The van der Waals surface area contributed by atoms with Crippen LogP contribution in [0.25, 0.3) is 0 Å². The van der Waals surface area contributed by atoms with Crippen molar-refractivity contribution < 1.29 is 14.3 Å². The van der Waals surface area contributed by atoms with E-state index in [1.54, 1.807) is 6.26 Å². The fourth-order valence-corrected chi connectivity index (χ4v) is 1.33. The van der Waals surface area contributed by atoms with Gasteiger partial charge in [-0.3, -0.25) is 9.59 Å². The van der Waals surface area contributed by atoms with Gasteiger partial charge in [0, 0.05) is 12.2 Å². The van der Waals surface area contributed by atoms with Gasteiger partial charge in [-0.25, -0.2) is 0 Å². The van der Waals surface area contributed by atoms with Crippen LogP contribution in [0, 0.1) is 0 Å². The molecule has 0 aromatic heterocycles. The Hall–Kier alpha value is -1.03. The van der Waals surface area contributed by atoms with Gasteiger partial charge in [0.15, 0.2) is 11.5 Å². The number of allylic oxidation sites excluding steroid dienone is 3. The SMILES string of the molecule is COC1=CC(=O)C(SC)=CC1=O. The number of rotatable bonds is 2. The van der Waals surface area contributed by atoms with Crippen LogP contribution in [0.3, 0.4) is 0 Å². The number of hydrogen-bond donors (Lipinski definition) is 0. The van der Waals surface area contributed by atoms with E-state index in [4.69, 9.17) is 4.74 Å². The fraction of sp³-hybridized carbons (Fsp3) is 0.250. The number of hydrogen-bond acceptors (Lipinski definition) is 4. The minimum atomic E-state index is -0.249. The molecule has 0 aliphatic heterocycles. The van der Waals surface area contributed by atoms with Crippen LogP contribution in [-0.4, -0.2) is 24.9 Å². The molecular weight excluding hydrogens is 176 g/mol. The summed E-state index contributed by atoms with van der Waals surface area (Å²) in [5.74, 6) is -0.307. The van der Waals surface area contributed by atoms with Crippen molar-refractivity contribution in [1.82, 2.24) is 0 Å². The Labute approximate surface area is 74.5 Å². The van der Waals surface area contributed by atoms with Crippen molar-refractivity contribution in [3.63, 3.8) is 0 Å². The van der Waals surface area contributed by atoms with E-state index in [9.17, 15) is 9.59 Å². The molecule has 0 N–H and O–H groups in total. The number of ketones is 2. The van der Waals surface area contributed by atoms with E-state index in [1.165, 1.54) is 31.0 Å². The van der Waals surface area contributed by atoms with Crippen LogP contribution < -0.4 is 0 Å². The average molecular weight is 184 g/mol. The third-order valence-electron chi connectivity index (χ3n) is 1.45. The normalized spacial score (nSPS) is 17.2. The summed E-state index contributed by atoms with van der Waals surface area (Å²) in [5, 5.41) is 0. The van der Waals surface area contributed by atoms with E-state index in [1.807, 2.05) is 0 Å². The predicted molar refractivity (Wildman–Crippen MR) is 46.7 cm³/mol. The van der Waals surface area contributed by atoms with E-state index < -0.39 is 0 Å². The standard InChI is InChI=1S/C8H8O3S/c1-11-7-3-6(10)8(12-2)4-5(7)9/h3-4H,1-2H3. The molecule has 64 valence electrons. The first-order valence-electron chi connectivity index (χ1n) is 3.29. The summed E-state index contributed by atoms with van der Waals surface area (Å²) in [7, 11) is 1.37. The highest BCUT2D eigenvalue weighted by Gasteiger charge is 2.19. The maximum absolute atomic E-state index is 11.1. The topological polar surface area (TPSA) is 43.4 Å². The lowest BCUT2D eigenvalue weighted by Gasteiger charge is -2.08. The van der Waals surface area contributed by atoms with Gasteiger partial charge in [0.05, 0.1) is 12.0 Å². The van der Waals surface area contributed by atoms with Gasteiger partial charge >= 0.3 is 0 Å². The van der Waals surface area contributed by atoms with Gasteiger partial charge in [-0.2, -0.15) is 0 Å². The Bertz CT molecular complexity index is 259. The van der Waals surface area contributed by atoms with Crippen LogP contribution in [0.5, 0.6) is 0 Å². The molecule has 0 aromatic rings. The summed E-state index contributed by atoms with van der Waals surface area (Å²) in [6.45, 7) is 0. The lowest BCUT2D eigenvalue weighted by Crippen LogP contribution is -2.12. The molecule has 1 rings (SSSR count). The van der Waals surface area contributed by atoms with Crippen molar-refractivity contribution in [2.75, 3.05) is 13.4 Å². The molecule has 0 amide bonds. The first-order valence-corrected chi connectivity index (χ1v) is 4.51. The molecule has 0 fully saturated rings. The second-order valence-corrected chi connectivity index (χ2v) is 3.00. The van der Waals surface area contributed by atoms with Gasteiger partial charge in [0.1, 0.15) is 0 Å². The number of carbonyl (C=O) groups excluding carboxylic acids is 2. The molecule has 0 atom stereocenters. The van der Waals surface area contributed by atoms with Crippen LogP contribution in [0.1, 0.15) is 0 Å². The molecule has 3 nitrogen and oxygen atoms in total. The highest BCUT2D eigenvalue weighted by atomic mass is 32.2. The number of methoxy groups -OCH3 is 1. The second kappa shape index (κ2) is 3.58. The highest BCUT2D eigenvalue weighted by molar-refractivity contribution is 8.03. The maximum Gasteiger partial charge on any atom is 0.221 e. The third-order valence-corrected chi connectivity index (χ3v) is 2.21. The molecule has 0 unspecified atom stereocenters. The molecule has 0 spiro atoms. The van der Waals surface area contributed by atoms with E-state index >= 15 is 0 Å². The summed E-state index contributed by atoms with van der Waals surface area (Å²) in [4.78, 5) is 22.7. The Balaban J connectivity index is 2.94. The van der Waals surface area contributed by atoms with Gasteiger partial charge in [0.25, 0.3) is 0 Å². The Morgan fingerprint density at radius 3 is 2.42 bits per heavy atom. The highest BCUT2D eigenvalue weighted by Crippen LogP contribution is 2.19. The monoisotopic (exact) mass is 184 g/mol. The summed E-state index contributed by atoms with van der Waals surface area (Å²) < 4.78 is 4.70. The zero-order valence-electron chi connectivity index (χ0n) is 6.79. The third kappa shape index (κ3) is 1.58. The second-order valence-electron chi connectivity index (χ2n) is 2.15. The van der Waals surface area contributed by atoms with Crippen LogP contribution in [0.4, 0.5) is 0 Å². The molecule has 12 heavy (non-hydrogen) atoms. The van der Waals surface area contributed by atoms with Crippen LogP contribution >= 0.6 is 11.8 Å². The molecule has 1 aliphatic rings.